The van der Waals surface area contributed by atoms with E-state index in [9.17, 15) is 0 Å². The Morgan fingerprint density at radius 3 is 1.98 bits per heavy atom. The molecule has 226 valence electrons. The van der Waals surface area contributed by atoms with Crippen LogP contribution >= 0.6 is 11.3 Å². The Labute approximate surface area is 279 Å². The number of anilines is 3. The van der Waals surface area contributed by atoms with Crippen molar-refractivity contribution in [2.24, 2.45) is 0 Å². The molecule has 0 aliphatic carbocycles. The highest BCUT2D eigenvalue weighted by Crippen LogP contribution is 2.44. The first kappa shape index (κ1) is 27.0. The summed E-state index contributed by atoms with van der Waals surface area (Å²) in [5, 5.41) is 5.37. The van der Waals surface area contributed by atoms with Gasteiger partial charge in [-0.2, -0.15) is 0 Å². The highest BCUT2D eigenvalue weighted by molar-refractivity contribution is 7.21. The number of rotatable bonds is 5. The molecule has 7 aromatic carbocycles. The number of fused-ring (bicyclic) bond motifs is 8. The maximum Gasteiger partial charge on any atom is 0.137 e. The highest BCUT2D eigenvalue weighted by atomic mass is 32.1. The Morgan fingerprint density at radius 2 is 1.12 bits per heavy atom. The predicted octanol–water partition coefficient (Wildman–Crippen LogP) is 12.9. The van der Waals surface area contributed by atoms with E-state index < -0.39 is 0 Å². The monoisotopic (exact) mass is 634 g/mol. The van der Waals surface area contributed by atoms with Gasteiger partial charge in [0, 0.05) is 27.7 Å². The van der Waals surface area contributed by atoms with Crippen LogP contribution < -0.4 is 4.90 Å². The van der Waals surface area contributed by atoms with Crippen molar-refractivity contribution in [1.82, 2.24) is 4.98 Å². The second-order valence-corrected chi connectivity index (χ2v) is 13.0. The topological polar surface area (TPSA) is 42.4 Å². The van der Waals surface area contributed by atoms with Gasteiger partial charge in [0.25, 0.3) is 0 Å². The molecule has 0 aliphatic heterocycles. The van der Waals surface area contributed by atoms with Crippen molar-refractivity contribution < 1.29 is 8.83 Å². The summed E-state index contributed by atoms with van der Waals surface area (Å²) < 4.78 is 13.8. The molecule has 0 unspecified atom stereocenters. The van der Waals surface area contributed by atoms with Gasteiger partial charge in [0.15, 0.2) is 0 Å². The molecule has 0 amide bonds. The second-order valence-electron chi connectivity index (χ2n) is 11.9. The van der Waals surface area contributed by atoms with Crippen LogP contribution in [0.1, 0.15) is 0 Å². The van der Waals surface area contributed by atoms with E-state index in [4.69, 9.17) is 13.8 Å². The lowest BCUT2D eigenvalue weighted by Crippen LogP contribution is -2.10. The lowest BCUT2D eigenvalue weighted by Gasteiger charge is -2.26. The zero-order valence-electron chi connectivity index (χ0n) is 25.6. The molecule has 0 saturated heterocycles. The fraction of sp³-hybridized carbons (Fsp3) is 0. The Hall–Kier alpha value is -6.17. The number of nitrogens with zero attached hydrogens (tertiary/aromatic N) is 2. The first-order chi connectivity index (χ1) is 23.8. The van der Waals surface area contributed by atoms with Gasteiger partial charge < -0.3 is 13.7 Å². The zero-order valence-corrected chi connectivity index (χ0v) is 26.4. The molecule has 0 atom stereocenters. The van der Waals surface area contributed by atoms with Crippen molar-refractivity contribution in [3.8, 4) is 21.7 Å². The van der Waals surface area contributed by atoms with Crippen LogP contribution in [0.4, 0.5) is 17.1 Å². The van der Waals surface area contributed by atoms with Crippen LogP contribution in [-0.2, 0) is 0 Å². The number of thiazole rings is 1. The summed E-state index contributed by atoms with van der Waals surface area (Å²) in [6.45, 7) is 0. The summed E-state index contributed by atoms with van der Waals surface area (Å²) in [7, 11) is 0. The molecule has 4 nitrogen and oxygen atoms in total. The summed E-state index contributed by atoms with van der Waals surface area (Å²) in [5.74, 6) is 0. The maximum absolute atomic E-state index is 6.43. The third-order valence-electron chi connectivity index (χ3n) is 9.11. The van der Waals surface area contributed by atoms with E-state index >= 15 is 0 Å². The summed E-state index contributed by atoms with van der Waals surface area (Å²) in [4.78, 5) is 7.38. The van der Waals surface area contributed by atoms with Crippen LogP contribution in [0.25, 0.3) is 75.8 Å². The minimum absolute atomic E-state index is 0.856. The molecule has 0 aliphatic rings. The van der Waals surface area contributed by atoms with Crippen molar-refractivity contribution in [3.05, 3.63) is 158 Å². The Morgan fingerprint density at radius 1 is 0.458 bits per heavy atom. The van der Waals surface area contributed by atoms with E-state index in [2.05, 4.69) is 138 Å². The molecule has 3 aromatic heterocycles. The molecule has 48 heavy (non-hydrogen) atoms. The Kier molecular flexibility index (Phi) is 6.01. The molecule has 0 fully saturated rings. The SMILES string of the molecule is c1ccc(-c2nc3c(ccc4oc5cc(-c6ccc(N(c7ccccc7)c7cccc8oc9ccccc9c78)cc6)ccc5c43)s2)cc1. The molecule has 10 aromatic rings. The van der Waals surface area contributed by atoms with Gasteiger partial charge in [-0.25, -0.2) is 4.98 Å². The summed E-state index contributed by atoms with van der Waals surface area (Å²) >= 11 is 1.72. The molecule has 5 heteroatoms. The van der Waals surface area contributed by atoms with Gasteiger partial charge in [-0.05, 0) is 77.9 Å². The van der Waals surface area contributed by atoms with Gasteiger partial charge in [-0.3, -0.25) is 0 Å². The molecule has 0 N–H and O–H groups in total. The number of hydrogen-bond donors (Lipinski definition) is 0. The van der Waals surface area contributed by atoms with Gasteiger partial charge in [0.05, 0.1) is 26.7 Å². The van der Waals surface area contributed by atoms with Crippen molar-refractivity contribution in [3.63, 3.8) is 0 Å². The fourth-order valence-corrected chi connectivity index (χ4v) is 7.87. The fourth-order valence-electron chi connectivity index (χ4n) is 6.89. The lowest BCUT2D eigenvalue weighted by molar-refractivity contribution is 0.668. The molecule has 0 bridgehead atoms. The van der Waals surface area contributed by atoms with E-state index in [0.29, 0.717) is 0 Å². The standard InChI is InChI=1S/C43H26N2O2S/c1-3-10-28(11-4-1)43-44-42-39(48-43)25-24-37-41(42)33-23-20-29(26-38(33)47-37)27-18-21-31(22-19-27)45(30-12-5-2-6-13-30)34-15-9-17-36-40(34)32-14-7-8-16-35(32)46-36/h1-26H. The van der Waals surface area contributed by atoms with Crippen LogP contribution in [0.3, 0.4) is 0 Å². The second kappa shape index (κ2) is 10.7. The van der Waals surface area contributed by atoms with Crippen molar-refractivity contribution in [2.45, 2.75) is 0 Å². The lowest BCUT2D eigenvalue weighted by atomic mass is 10.0. The maximum atomic E-state index is 6.43. The highest BCUT2D eigenvalue weighted by Gasteiger charge is 2.20. The largest absolute Gasteiger partial charge is 0.456 e. The molecular formula is C43H26N2O2S. The molecule has 3 heterocycles. The van der Waals surface area contributed by atoms with Gasteiger partial charge >= 0.3 is 0 Å². The van der Waals surface area contributed by atoms with Gasteiger partial charge in [-0.1, -0.05) is 91.0 Å². The number of para-hydroxylation sites is 2. The van der Waals surface area contributed by atoms with Gasteiger partial charge in [-0.15, -0.1) is 11.3 Å². The quantitative estimate of drug-likeness (QED) is 0.189. The first-order valence-corrected chi connectivity index (χ1v) is 16.8. The number of aromatic nitrogens is 1. The number of furan rings is 2. The van der Waals surface area contributed by atoms with Gasteiger partial charge in [0.1, 0.15) is 27.3 Å². The van der Waals surface area contributed by atoms with E-state index in [0.717, 1.165) is 92.9 Å². The van der Waals surface area contributed by atoms with E-state index in [1.807, 2.05) is 24.3 Å². The molecule has 10 rings (SSSR count). The van der Waals surface area contributed by atoms with Gasteiger partial charge in [0.2, 0.25) is 0 Å². The summed E-state index contributed by atoms with van der Waals surface area (Å²) in [6, 6.07) is 54.8. The van der Waals surface area contributed by atoms with Crippen LogP contribution in [0.5, 0.6) is 0 Å². The average Bonchev–Trinajstić information content (AvgIpc) is 3.86. The Balaban J connectivity index is 1.06. The third-order valence-corrected chi connectivity index (χ3v) is 10.2. The Bertz CT molecular complexity index is 2780. The normalized spacial score (nSPS) is 11.8. The van der Waals surface area contributed by atoms with E-state index in [1.54, 1.807) is 11.3 Å². The van der Waals surface area contributed by atoms with Crippen molar-refractivity contribution in [2.75, 3.05) is 4.90 Å². The van der Waals surface area contributed by atoms with E-state index in [-0.39, 0.29) is 0 Å². The number of benzene rings is 7. The zero-order chi connectivity index (χ0) is 31.6. The summed E-state index contributed by atoms with van der Waals surface area (Å²) in [5.41, 5.74) is 11.0. The first-order valence-electron chi connectivity index (χ1n) is 16.0. The number of hydrogen-bond acceptors (Lipinski definition) is 5. The molecular weight excluding hydrogens is 609 g/mol. The smallest absolute Gasteiger partial charge is 0.137 e. The molecule has 0 radical (unpaired) electrons. The third kappa shape index (κ3) is 4.25. The van der Waals surface area contributed by atoms with Crippen LogP contribution in [0, 0.1) is 0 Å². The molecule has 0 saturated carbocycles. The van der Waals surface area contributed by atoms with Crippen LogP contribution in [-0.4, -0.2) is 4.98 Å². The summed E-state index contributed by atoms with van der Waals surface area (Å²) in [6.07, 6.45) is 0. The average molecular weight is 635 g/mol. The van der Waals surface area contributed by atoms with Crippen molar-refractivity contribution >= 4 is 82.5 Å². The predicted molar refractivity (Wildman–Crippen MR) is 200 cm³/mol. The van der Waals surface area contributed by atoms with Crippen LogP contribution in [0.15, 0.2) is 167 Å². The molecule has 0 spiro atoms. The minimum Gasteiger partial charge on any atom is -0.456 e. The van der Waals surface area contributed by atoms with E-state index in [1.165, 1.54) is 0 Å². The van der Waals surface area contributed by atoms with Crippen LogP contribution in [0.2, 0.25) is 0 Å². The van der Waals surface area contributed by atoms with Crippen molar-refractivity contribution in [1.29, 1.82) is 0 Å². The minimum atomic E-state index is 0.856.